The number of hydrogen-bond donors (Lipinski definition) is 1. The molecule has 78 valence electrons. The molecule has 0 aliphatic heterocycles. The van der Waals surface area contributed by atoms with Gasteiger partial charge in [-0.2, -0.15) is 0 Å². The maximum absolute atomic E-state index is 11.8. The fourth-order valence-electron chi connectivity index (χ4n) is 1.32. The quantitative estimate of drug-likeness (QED) is 0.799. The first-order valence-electron chi connectivity index (χ1n) is 4.54. The number of pyridine rings is 1. The van der Waals surface area contributed by atoms with Gasteiger partial charge in [0.1, 0.15) is 5.69 Å². The Morgan fingerprint density at radius 2 is 2.33 bits per heavy atom. The highest BCUT2D eigenvalue weighted by atomic mass is 16.4. The fourth-order valence-corrected chi connectivity index (χ4v) is 1.32. The van der Waals surface area contributed by atoms with Crippen molar-refractivity contribution >= 4 is 5.69 Å². The van der Waals surface area contributed by atoms with Gasteiger partial charge in [0.15, 0.2) is 5.89 Å². The summed E-state index contributed by atoms with van der Waals surface area (Å²) in [6.45, 7) is 1.73. The SMILES string of the molecule is CNc1cccn(-c2cnc(C)o2)c1=O. The van der Waals surface area contributed by atoms with Gasteiger partial charge >= 0.3 is 0 Å². The van der Waals surface area contributed by atoms with Crippen LogP contribution in [0.4, 0.5) is 5.69 Å². The molecular weight excluding hydrogens is 194 g/mol. The Morgan fingerprint density at radius 3 is 2.93 bits per heavy atom. The first-order valence-corrected chi connectivity index (χ1v) is 4.54. The summed E-state index contributed by atoms with van der Waals surface area (Å²) in [5.74, 6) is 0.960. The summed E-state index contributed by atoms with van der Waals surface area (Å²) >= 11 is 0. The van der Waals surface area contributed by atoms with Crippen LogP contribution in [-0.4, -0.2) is 16.6 Å². The van der Waals surface area contributed by atoms with Crippen molar-refractivity contribution in [1.82, 2.24) is 9.55 Å². The number of rotatable bonds is 2. The van der Waals surface area contributed by atoms with Crippen molar-refractivity contribution in [2.45, 2.75) is 6.92 Å². The van der Waals surface area contributed by atoms with Gasteiger partial charge in [0.05, 0.1) is 6.20 Å². The van der Waals surface area contributed by atoms with Crippen LogP contribution in [0.1, 0.15) is 5.89 Å². The molecule has 0 spiro atoms. The summed E-state index contributed by atoms with van der Waals surface area (Å²) in [5.41, 5.74) is 0.364. The molecule has 0 fully saturated rings. The Morgan fingerprint density at radius 1 is 1.53 bits per heavy atom. The summed E-state index contributed by atoms with van der Waals surface area (Å²) in [4.78, 5) is 15.8. The summed E-state index contributed by atoms with van der Waals surface area (Å²) < 4.78 is 6.68. The molecule has 1 N–H and O–H groups in total. The topological polar surface area (TPSA) is 60.1 Å². The third-order valence-electron chi connectivity index (χ3n) is 2.06. The van der Waals surface area contributed by atoms with Crippen LogP contribution >= 0.6 is 0 Å². The highest BCUT2D eigenvalue weighted by Gasteiger charge is 2.06. The second-order valence-electron chi connectivity index (χ2n) is 3.06. The smallest absolute Gasteiger partial charge is 0.280 e. The lowest BCUT2D eigenvalue weighted by Gasteiger charge is -2.03. The number of anilines is 1. The van der Waals surface area contributed by atoms with E-state index in [1.165, 1.54) is 10.8 Å². The Labute approximate surface area is 86.4 Å². The van der Waals surface area contributed by atoms with Crippen LogP contribution in [0.15, 0.2) is 33.7 Å². The number of nitrogens with one attached hydrogen (secondary N) is 1. The first-order chi connectivity index (χ1) is 7.22. The molecule has 0 radical (unpaired) electrons. The van der Waals surface area contributed by atoms with Crippen LogP contribution in [0, 0.1) is 6.92 Å². The van der Waals surface area contributed by atoms with Gasteiger partial charge in [-0.15, -0.1) is 0 Å². The molecule has 0 aliphatic carbocycles. The molecule has 0 unspecified atom stereocenters. The van der Waals surface area contributed by atoms with Crippen molar-refractivity contribution in [2.24, 2.45) is 0 Å². The van der Waals surface area contributed by atoms with Crippen LogP contribution < -0.4 is 10.9 Å². The van der Waals surface area contributed by atoms with E-state index in [1.807, 2.05) is 0 Å². The van der Waals surface area contributed by atoms with E-state index in [0.29, 0.717) is 17.5 Å². The zero-order chi connectivity index (χ0) is 10.8. The van der Waals surface area contributed by atoms with Crippen molar-refractivity contribution in [3.63, 3.8) is 0 Å². The maximum atomic E-state index is 11.8. The lowest BCUT2D eigenvalue weighted by Crippen LogP contribution is -2.19. The van der Waals surface area contributed by atoms with E-state index in [0.717, 1.165) is 0 Å². The first kappa shape index (κ1) is 9.51. The maximum Gasteiger partial charge on any atom is 0.280 e. The number of oxazole rings is 1. The Kier molecular flexibility index (Phi) is 2.29. The molecule has 0 amide bonds. The zero-order valence-electron chi connectivity index (χ0n) is 8.52. The molecule has 0 saturated carbocycles. The Bertz CT molecular complexity index is 527. The number of hydrogen-bond acceptors (Lipinski definition) is 4. The third kappa shape index (κ3) is 1.63. The van der Waals surface area contributed by atoms with Crippen molar-refractivity contribution in [1.29, 1.82) is 0 Å². The summed E-state index contributed by atoms with van der Waals surface area (Å²) in [7, 11) is 1.70. The normalized spacial score (nSPS) is 10.3. The minimum Gasteiger partial charge on any atom is -0.425 e. The summed E-state index contributed by atoms with van der Waals surface area (Å²) in [5, 5.41) is 2.82. The molecule has 2 aromatic heterocycles. The van der Waals surface area contributed by atoms with Gasteiger partial charge in [-0.3, -0.25) is 9.36 Å². The second kappa shape index (κ2) is 3.61. The van der Waals surface area contributed by atoms with E-state index in [-0.39, 0.29) is 5.56 Å². The molecule has 2 heterocycles. The van der Waals surface area contributed by atoms with Crippen LogP contribution in [-0.2, 0) is 0 Å². The Balaban J connectivity index is 2.58. The van der Waals surface area contributed by atoms with E-state index in [2.05, 4.69) is 10.3 Å². The van der Waals surface area contributed by atoms with Gasteiger partial charge in [-0.25, -0.2) is 4.98 Å². The average molecular weight is 205 g/mol. The molecule has 15 heavy (non-hydrogen) atoms. The largest absolute Gasteiger partial charge is 0.425 e. The van der Waals surface area contributed by atoms with Crippen molar-refractivity contribution in [2.75, 3.05) is 12.4 Å². The number of aromatic nitrogens is 2. The van der Waals surface area contributed by atoms with E-state index in [4.69, 9.17) is 4.42 Å². The van der Waals surface area contributed by atoms with E-state index in [1.54, 1.807) is 32.3 Å². The molecule has 5 nitrogen and oxygen atoms in total. The van der Waals surface area contributed by atoms with Crippen molar-refractivity contribution < 1.29 is 4.42 Å². The predicted octanol–water partition coefficient (Wildman–Crippen LogP) is 1.18. The van der Waals surface area contributed by atoms with Crippen molar-refractivity contribution in [3.05, 3.63) is 40.8 Å². The molecule has 2 aromatic rings. The number of nitrogens with zero attached hydrogens (tertiary/aromatic N) is 2. The van der Waals surface area contributed by atoms with Gasteiger partial charge in [0.25, 0.3) is 5.56 Å². The molecule has 0 bridgehead atoms. The highest BCUT2D eigenvalue weighted by Crippen LogP contribution is 2.08. The monoisotopic (exact) mass is 205 g/mol. The lowest BCUT2D eigenvalue weighted by molar-refractivity contribution is 0.497. The highest BCUT2D eigenvalue weighted by molar-refractivity contribution is 5.41. The molecule has 0 aromatic carbocycles. The molecule has 2 rings (SSSR count). The van der Waals surface area contributed by atoms with Crippen LogP contribution in [0.2, 0.25) is 0 Å². The summed E-state index contributed by atoms with van der Waals surface area (Å²) in [6.07, 6.45) is 3.17. The number of aryl methyl sites for hydroxylation is 1. The van der Waals surface area contributed by atoms with Crippen LogP contribution in [0.3, 0.4) is 0 Å². The van der Waals surface area contributed by atoms with E-state index in [9.17, 15) is 4.79 Å². The van der Waals surface area contributed by atoms with Gasteiger partial charge < -0.3 is 9.73 Å². The summed E-state index contributed by atoms with van der Waals surface area (Å²) in [6, 6.07) is 3.48. The predicted molar refractivity (Wildman–Crippen MR) is 56.4 cm³/mol. The lowest BCUT2D eigenvalue weighted by atomic mass is 10.4. The molecule has 0 atom stereocenters. The molecule has 0 saturated heterocycles. The van der Waals surface area contributed by atoms with Crippen LogP contribution in [0.5, 0.6) is 0 Å². The van der Waals surface area contributed by atoms with Crippen LogP contribution in [0.25, 0.3) is 5.88 Å². The third-order valence-corrected chi connectivity index (χ3v) is 2.06. The van der Waals surface area contributed by atoms with Gasteiger partial charge in [0.2, 0.25) is 5.88 Å². The molecular formula is C10H11N3O2. The molecule has 0 aliphatic rings. The zero-order valence-corrected chi connectivity index (χ0v) is 8.52. The van der Waals surface area contributed by atoms with Gasteiger partial charge in [0, 0.05) is 20.2 Å². The average Bonchev–Trinajstić information content (AvgIpc) is 2.65. The fraction of sp³-hybridized carbons (Fsp3) is 0.200. The second-order valence-corrected chi connectivity index (χ2v) is 3.06. The van der Waals surface area contributed by atoms with Crippen molar-refractivity contribution in [3.8, 4) is 5.88 Å². The Hall–Kier alpha value is -2.04. The minimum absolute atomic E-state index is 0.156. The molecule has 5 heteroatoms. The van der Waals surface area contributed by atoms with E-state index < -0.39 is 0 Å². The van der Waals surface area contributed by atoms with E-state index >= 15 is 0 Å². The van der Waals surface area contributed by atoms with Gasteiger partial charge in [-0.05, 0) is 12.1 Å². The standard InChI is InChI=1S/C10H11N3O2/c1-7-12-6-9(15-7)13-5-3-4-8(11-2)10(13)14/h3-6,11H,1-2H3. The minimum atomic E-state index is -0.156. The van der Waals surface area contributed by atoms with Gasteiger partial charge in [-0.1, -0.05) is 0 Å².